The van der Waals surface area contributed by atoms with Crippen LogP contribution in [-0.4, -0.2) is 58.2 Å². The fraction of sp³-hybridized carbons (Fsp3) is 0.368. The average molecular weight is 433 g/mol. The van der Waals surface area contributed by atoms with Crippen LogP contribution in [0.3, 0.4) is 0 Å². The fourth-order valence-electron chi connectivity index (χ4n) is 3.33. The Morgan fingerprint density at radius 2 is 1.88 bits per heavy atom. The summed E-state index contributed by atoms with van der Waals surface area (Å²) < 4.78 is 2.97. The van der Waals surface area contributed by atoms with Gasteiger partial charge in [-0.15, -0.1) is 11.3 Å². The van der Waals surface area contributed by atoms with Crippen molar-refractivity contribution in [3.8, 4) is 5.69 Å². The summed E-state index contributed by atoms with van der Waals surface area (Å²) in [5.74, 6) is 0.142. The molecule has 7 heteroatoms. The van der Waals surface area contributed by atoms with E-state index < -0.39 is 0 Å². The monoisotopic (exact) mass is 432 g/mol. The van der Waals surface area contributed by atoms with E-state index in [0.717, 1.165) is 63.7 Å². The number of carbonyl (C=O) groups excluding carboxylic acids is 1. The minimum atomic E-state index is 0.142. The molecule has 2 aromatic heterocycles. The highest BCUT2D eigenvalue weighted by atomic mass is 79.9. The van der Waals surface area contributed by atoms with Crippen LogP contribution >= 0.6 is 27.3 Å². The molecule has 26 heavy (non-hydrogen) atoms. The minimum absolute atomic E-state index is 0.142. The lowest BCUT2D eigenvalue weighted by Crippen LogP contribution is -2.48. The van der Waals surface area contributed by atoms with Crippen molar-refractivity contribution in [2.45, 2.75) is 13.8 Å². The van der Waals surface area contributed by atoms with Gasteiger partial charge in [0.05, 0.1) is 16.3 Å². The van der Waals surface area contributed by atoms with Gasteiger partial charge in [0.25, 0.3) is 5.91 Å². The normalized spacial score (nSPS) is 15.7. The van der Waals surface area contributed by atoms with E-state index in [1.165, 1.54) is 11.3 Å². The number of aryl methyl sites for hydroxylation is 1. The Morgan fingerprint density at radius 3 is 2.54 bits per heavy atom. The molecule has 0 atom stereocenters. The number of aromatic nitrogens is 2. The van der Waals surface area contributed by atoms with Crippen LogP contribution in [0.25, 0.3) is 15.9 Å². The highest BCUT2D eigenvalue weighted by Crippen LogP contribution is 2.31. The number of fused-ring (bicyclic) bond motifs is 1. The smallest absolute Gasteiger partial charge is 0.264 e. The van der Waals surface area contributed by atoms with Gasteiger partial charge < -0.3 is 9.80 Å². The topological polar surface area (TPSA) is 41.4 Å². The van der Waals surface area contributed by atoms with Crippen LogP contribution in [0.4, 0.5) is 0 Å². The molecular formula is C19H21BrN4OS. The molecule has 0 spiro atoms. The Kier molecular flexibility index (Phi) is 4.86. The van der Waals surface area contributed by atoms with Gasteiger partial charge in [0.15, 0.2) is 0 Å². The van der Waals surface area contributed by atoms with Crippen molar-refractivity contribution in [2.24, 2.45) is 0 Å². The molecule has 0 radical (unpaired) electrons. The summed E-state index contributed by atoms with van der Waals surface area (Å²) >= 11 is 5.00. The number of halogens is 1. The fourth-order valence-corrected chi connectivity index (χ4v) is 4.75. The summed E-state index contributed by atoms with van der Waals surface area (Å²) in [6.45, 7) is 8.74. The molecule has 1 aliphatic rings. The van der Waals surface area contributed by atoms with E-state index in [2.05, 4.69) is 32.9 Å². The second-order valence-electron chi connectivity index (χ2n) is 6.53. The van der Waals surface area contributed by atoms with Crippen LogP contribution in [0.2, 0.25) is 0 Å². The Hall–Kier alpha value is -1.70. The molecule has 1 fully saturated rings. The molecule has 0 N–H and O–H groups in total. The molecule has 1 saturated heterocycles. The molecule has 0 aliphatic carbocycles. The van der Waals surface area contributed by atoms with Gasteiger partial charge in [-0.2, -0.15) is 5.10 Å². The predicted molar refractivity (Wildman–Crippen MR) is 109 cm³/mol. The molecule has 0 saturated carbocycles. The second-order valence-corrected chi connectivity index (χ2v) is 8.48. The van der Waals surface area contributed by atoms with Crippen LogP contribution < -0.4 is 0 Å². The lowest BCUT2D eigenvalue weighted by Gasteiger charge is -2.33. The van der Waals surface area contributed by atoms with Gasteiger partial charge in [-0.25, -0.2) is 4.68 Å². The summed E-state index contributed by atoms with van der Waals surface area (Å²) in [6.07, 6.45) is 0. The van der Waals surface area contributed by atoms with E-state index in [4.69, 9.17) is 0 Å². The molecule has 0 bridgehead atoms. The number of likely N-dealkylation sites (N-methyl/N-ethyl adjacent to an activating group) is 1. The van der Waals surface area contributed by atoms with E-state index >= 15 is 0 Å². The Labute approximate surface area is 165 Å². The van der Waals surface area contributed by atoms with Crippen LogP contribution in [0.5, 0.6) is 0 Å². The van der Waals surface area contributed by atoms with Crippen LogP contribution in [-0.2, 0) is 0 Å². The third-order valence-corrected chi connectivity index (χ3v) is 6.56. The van der Waals surface area contributed by atoms with E-state index in [-0.39, 0.29) is 5.91 Å². The second kappa shape index (κ2) is 7.13. The Morgan fingerprint density at radius 1 is 1.19 bits per heavy atom. The number of rotatable bonds is 3. The first-order valence-corrected chi connectivity index (χ1v) is 10.4. The highest BCUT2D eigenvalue weighted by Gasteiger charge is 2.24. The SMILES string of the molecule is CCN1CCN(C(=O)c2cc3c(C)nn(-c4ccc(Br)cc4)c3s2)CC1. The van der Waals surface area contributed by atoms with Gasteiger partial charge in [-0.1, -0.05) is 22.9 Å². The van der Waals surface area contributed by atoms with Gasteiger partial charge in [0, 0.05) is 36.0 Å². The maximum absolute atomic E-state index is 12.9. The summed E-state index contributed by atoms with van der Waals surface area (Å²) in [7, 11) is 0. The summed E-state index contributed by atoms with van der Waals surface area (Å²) in [5.41, 5.74) is 1.96. The standard InChI is InChI=1S/C19H21BrN4OS/c1-3-22-8-10-23(11-9-22)18(25)17-12-16-13(2)21-24(19(16)26-17)15-6-4-14(20)5-7-15/h4-7,12H,3,8-11H2,1-2H3. The number of piperazine rings is 1. The molecule has 5 nitrogen and oxygen atoms in total. The first-order valence-electron chi connectivity index (χ1n) is 8.83. The van der Waals surface area contributed by atoms with Gasteiger partial charge in [0.2, 0.25) is 0 Å². The molecule has 1 amide bonds. The van der Waals surface area contributed by atoms with Gasteiger partial charge >= 0.3 is 0 Å². The van der Waals surface area contributed by atoms with Crippen molar-refractivity contribution in [2.75, 3.05) is 32.7 Å². The third kappa shape index (κ3) is 3.19. The van der Waals surface area contributed by atoms with Gasteiger partial charge in [0.1, 0.15) is 4.83 Å². The first kappa shape index (κ1) is 17.7. The molecular weight excluding hydrogens is 412 g/mol. The van der Waals surface area contributed by atoms with Crippen molar-refractivity contribution < 1.29 is 4.79 Å². The number of benzene rings is 1. The number of amides is 1. The largest absolute Gasteiger partial charge is 0.335 e. The maximum atomic E-state index is 12.9. The number of carbonyl (C=O) groups is 1. The van der Waals surface area contributed by atoms with Crippen LogP contribution in [0.15, 0.2) is 34.8 Å². The van der Waals surface area contributed by atoms with Crippen LogP contribution in [0, 0.1) is 6.92 Å². The molecule has 1 aliphatic heterocycles. The minimum Gasteiger partial charge on any atom is -0.335 e. The lowest BCUT2D eigenvalue weighted by molar-refractivity contribution is 0.0648. The third-order valence-electron chi connectivity index (χ3n) is 4.93. The van der Waals surface area contributed by atoms with Crippen molar-refractivity contribution in [1.29, 1.82) is 0 Å². The van der Waals surface area contributed by atoms with Crippen LogP contribution in [0.1, 0.15) is 22.3 Å². The zero-order valence-corrected chi connectivity index (χ0v) is 17.3. The summed E-state index contributed by atoms with van der Waals surface area (Å²) in [4.78, 5) is 19.1. The van der Waals surface area contributed by atoms with Crippen molar-refractivity contribution in [3.05, 3.63) is 45.4 Å². The number of thiophene rings is 1. The number of hydrogen-bond donors (Lipinski definition) is 0. The molecule has 1 aromatic carbocycles. The highest BCUT2D eigenvalue weighted by molar-refractivity contribution is 9.10. The van der Waals surface area contributed by atoms with Crippen molar-refractivity contribution in [1.82, 2.24) is 19.6 Å². The quantitative estimate of drug-likeness (QED) is 0.629. The average Bonchev–Trinajstić information content (AvgIpc) is 3.23. The maximum Gasteiger partial charge on any atom is 0.264 e. The first-order chi connectivity index (χ1) is 12.6. The summed E-state index contributed by atoms with van der Waals surface area (Å²) in [6, 6.07) is 10.1. The molecule has 4 rings (SSSR count). The lowest BCUT2D eigenvalue weighted by atomic mass is 10.2. The predicted octanol–water partition coefficient (Wildman–Crippen LogP) is 3.94. The van der Waals surface area contributed by atoms with E-state index in [1.54, 1.807) is 0 Å². The molecule has 0 unspecified atom stereocenters. The van der Waals surface area contributed by atoms with E-state index in [0.29, 0.717) is 0 Å². The van der Waals surface area contributed by atoms with E-state index in [9.17, 15) is 4.79 Å². The zero-order chi connectivity index (χ0) is 18.3. The number of hydrogen-bond acceptors (Lipinski definition) is 4. The van der Waals surface area contributed by atoms with Crippen molar-refractivity contribution >= 4 is 43.4 Å². The molecule has 136 valence electrons. The molecule has 3 heterocycles. The zero-order valence-electron chi connectivity index (χ0n) is 14.9. The molecule has 3 aromatic rings. The van der Waals surface area contributed by atoms with Gasteiger partial charge in [-0.05, 0) is 43.8 Å². The van der Waals surface area contributed by atoms with E-state index in [1.807, 2.05) is 46.8 Å². The van der Waals surface area contributed by atoms with Crippen molar-refractivity contribution in [3.63, 3.8) is 0 Å². The summed E-state index contributed by atoms with van der Waals surface area (Å²) in [5, 5.41) is 5.73. The van der Waals surface area contributed by atoms with Gasteiger partial charge in [-0.3, -0.25) is 4.79 Å². The Balaban J connectivity index is 1.65. The number of nitrogens with zero attached hydrogens (tertiary/aromatic N) is 4. The Bertz CT molecular complexity index is 939.